The highest BCUT2D eigenvalue weighted by Crippen LogP contribution is 2.24. The second-order valence-corrected chi connectivity index (χ2v) is 5.87. The molecule has 0 spiro atoms. The number of hydrogen-bond donors (Lipinski definition) is 0. The van der Waals surface area contributed by atoms with Gasteiger partial charge in [0.1, 0.15) is 5.82 Å². The molecule has 2 rings (SSSR count). The summed E-state index contributed by atoms with van der Waals surface area (Å²) in [4.78, 5) is 2.12. The summed E-state index contributed by atoms with van der Waals surface area (Å²) in [6.07, 6.45) is 0. The Morgan fingerprint density at radius 2 is 1.79 bits per heavy atom. The lowest BCUT2D eigenvalue weighted by Gasteiger charge is -2.22. The van der Waals surface area contributed by atoms with E-state index in [4.69, 9.17) is 0 Å². The molecule has 2 aromatic carbocycles. The van der Waals surface area contributed by atoms with Gasteiger partial charge in [-0.25, -0.2) is 4.39 Å². The highest BCUT2D eigenvalue weighted by Gasteiger charge is 2.08. The number of anilines is 1. The molecular weight excluding hydrogens is 373 g/mol. The van der Waals surface area contributed by atoms with E-state index < -0.39 is 0 Å². The minimum absolute atomic E-state index is 0.199. The summed E-state index contributed by atoms with van der Waals surface area (Å²) in [5, 5.41) is 0.644. The van der Waals surface area contributed by atoms with Gasteiger partial charge in [-0.2, -0.15) is 0 Å². The fraction of sp³-hybridized carbons (Fsp3) is 0.200. The molecule has 0 bridgehead atoms. The average molecular weight is 387 g/mol. The van der Waals surface area contributed by atoms with Gasteiger partial charge in [-0.1, -0.05) is 44.0 Å². The summed E-state index contributed by atoms with van der Waals surface area (Å²) in [7, 11) is 2.02. The van der Waals surface area contributed by atoms with Crippen LogP contribution in [-0.4, -0.2) is 7.05 Å². The van der Waals surface area contributed by atoms with E-state index in [1.165, 1.54) is 11.6 Å². The zero-order valence-electron chi connectivity index (χ0n) is 10.5. The molecule has 0 amide bonds. The van der Waals surface area contributed by atoms with Gasteiger partial charge >= 0.3 is 0 Å². The topological polar surface area (TPSA) is 3.24 Å². The van der Waals surface area contributed by atoms with Gasteiger partial charge in [-0.05, 0) is 41.5 Å². The van der Waals surface area contributed by atoms with E-state index in [1.54, 1.807) is 6.07 Å². The van der Waals surface area contributed by atoms with Crippen LogP contribution in [0.1, 0.15) is 11.1 Å². The van der Waals surface area contributed by atoms with E-state index in [0.717, 1.165) is 22.3 Å². The molecule has 0 saturated heterocycles. The Hall–Kier alpha value is -0.870. The average Bonchev–Trinajstić information content (AvgIpc) is 2.41. The quantitative estimate of drug-likeness (QED) is 0.659. The number of nitrogens with zero attached hydrogens (tertiary/aromatic N) is 1. The Morgan fingerprint density at radius 1 is 1.11 bits per heavy atom. The van der Waals surface area contributed by atoms with Gasteiger partial charge in [0.2, 0.25) is 0 Å². The van der Waals surface area contributed by atoms with Crippen LogP contribution in [0.4, 0.5) is 10.1 Å². The zero-order valence-corrected chi connectivity index (χ0v) is 13.7. The number of hydrogen-bond acceptors (Lipinski definition) is 1. The predicted octanol–water partition coefficient (Wildman–Crippen LogP) is 5.12. The molecule has 0 saturated carbocycles. The number of benzene rings is 2. The Kier molecular flexibility index (Phi) is 4.99. The molecule has 0 aliphatic carbocycles. The molecule has 2 aromatic rings. The fourth-order valence-corrected chi connectivity index (χ4v) is 2.70. The van der Waals surface area contributed by atoms with Crippen molar-refractivity contribution in [1.29, 1.82) is 0 Å². The van der Waals surface area contributed by atoms with Gasteiger partial charge in [-0.15, -0.1) is 0 Å². The van der Waals surface area contributed by atoms with Crippen molar-refractivity contribution in [2.24, 2.45) is 0 Å². The Bertz CT molecular complexity index is 555. The van der Waals surface area contributed by atoms with Crippen LogP contribution in [0.5, 0.6) is 0 Å². The van der Waals surface area contributed by atoms with Crippen LogP contribution >= 0.6 is 31.9 Å². The standard InChI is InChI=1S/C15H14Br2FN/c1-19(10-11-2-4-13(17)5-3-11)15-7-6-14(18)8-12(15)9-16/h2-8H,9-10H2,1H3. The zero-order chi connectivity index (χ0) is 13.8. The lowest BCUT2D eigenvalue weighted by molar-refractivity contribution is 0.626. The van der Waals surface area contributed by atoms with Gasteiger partial charge in [0.25, 0.3) is 0 Å². The van der Waals surface area contributed by atoms with E-state index in [2.05, 4.69) is 48.9 Å². The first kappa shape index (κ1) is 14.5. The van der Waals surface area contributed by atoms with Crippen molar-refractivity contribution >= 4 is 37.5 Å². The summed E-state index contributed by atoms with van der Waals surface area (Å²) in [5.41, 5.74) is 3.22. The molecule has 0 heterocycles. The highest BCUT2D eigenvalue weighted by atomic mass is 79.9. The molecule has 0 aliphatic heterocycles. The van der Waals surface area contributed by atoms with E-state index >= 15 is 0 Å². The van der Waals surface area contributed by atoms with Gasteiger partial charge in [0, 0.05) is 29.1 Å². The monoisotopic (exact) mass is 385 g/mol. The van der Waals surface area contributed by atoms with Crippen molar-refractivity contribution in [2.75, 3.05) is 11.9 Å². The summed E-state index contributed by atoms with van der Waals surface area (Å²) < 4.78 is 14.3. The first-order valence-corrected chi connectivity index (χ1v) is 7.81. The van der Waals surface area contributed by atoms with E-state index in [0.29, 0.717) is 5.33 Å². The first-order chi connectivity index (χ1) is 9.10. The Balaban J connectivity index is 2.19. The van der Waals surface area contributed by atoms with Crippen LogP contribution in [-0.2, 0) is 11.9 Å². The van der Waals surface area contributed by atoms with Crippen LogP contribution in [0.2, 0.25) is 0 Å². The maximum Gasteiger partial charge on any atom is 0.123 e. The maximum atomic E-state index is 13.2. The number of rotatable bonds is 4. The van der Waals surface area contributed by atoms with Crippen LogP contribution in [0.3, 0.4) is 0 Å². The van der Waals surface area contributed by atoms with Crippen LogP contribution in [0.25, 0.3) is 0 Å². The smallest absolute Gasteiger partial charge is 0.123 e. The third-order valence-corrected chi connectivity index (χ3v) is 4.06. The second-order valence-electron chi connectivity index (χ2n) is 4.39. The van der Waals surface area contributed by atoms with Gasteiger partial charge < -0.3 is 4.90 Å². The number of halogens is 3. The molecule has 0 fully saturated rings. The molecule has 19 heavy (non-hydrogen) atoms. The van der Waals surface area contributed by atoms with Gasteiger partial charge in [-0.3, -0.25) is 0 Å². The van der Waals surface area contributed by atoms with Crippen LogP contribution in [0.15, 0.2) is 46.9 Å². The lowest BCUT2D eigenvalue weighted by atomic mass is 10.1. The Morgan fingerprint density at radius 3 is 2.42 bits per heavy atom. The largest absolute Gasteiger partial charge is 0.370 e. The molecule has 4 heteroatoms. The Labute approximate surface area is 129 Å². The van der Waals surface area contributed by atoms with Crippen molar-refractivity contribution in [3.63, 3.8) is 0 Å². The minimum Gasteiger partial charge on any atom is -0.370 e. The molecule has 0 atom stereocenters. The summed E-state index contributed by atoms with van der Waals surface area (Å²) >= 11 is 6.83. The van der Waals surface area contributed by atoms with E-state index in [-0.39, 0.29) is 5.82 Å². The summed E-state index contributed by atoms with van der Waals surface area (Å²) in [6, 6.07) is 13.1. The lowest BCUT2D eigenvalue weighted by Crippen LogP contribution is -2.17. The molecule has 0 N–H and O–H groups in total. The third kappa shape index (κ3) is 3.80. The fourth-order valence-electron chi connectivity index (χ4n) is 1.98. The third-order valence-electron chi connectivity index (χ3n) is 2.93. The highest BCUT2D eigenvalue weighted by molar-refractivity contribution is 9.10. The molecule has 100 valence electrons. The van der Waals surface area contributed by atoms with Gasteiger partial charge in [0.15, 0.2) is 0 Å². The van der Waals surface area contributed by atoms with Crippen molar-refractivity contribution in [3.05, 3.63) is 63.9 Å². The van der Waals surface area contributed by atoms with Crippen molar-refractivity contribution in [3.8, 4) is 0 Å². The molecular formula is C15H14Br2FN. The normalized spacial score (nSPS) is 10.5. The molecule has 0 aliphatic rings. The minimum atomic E-state index is -0.199. The maximum absolute atomic E-state index is 13.2. The molecule has 0 radical (unpaired) electrons. The molecule has 1 nitrogen and oxygen atoms in total. The van der Waals surface area contributed by atoms with Crippen molar-refractivity contribution < 1.29 is 4.39 Å². The number of alkyl halides is 1. The first-order valence-electron chi connectivity index (χ1n) is 5.90. The SMILES string of the molecule is CN(Cc1ccc(Br)cc1)c1ccc(F)cc1CBr. The van der Waals surface area contributed by atoms with E-state index in [1.807, 2.05) is 25.2 Å². The van der Waals surface area contributed by atoms with E-state index in [9.17, 15) is 4.39 Å². The van der Waals surface area contributed by atoms with Crippen LogP contribution in [0, 0.1) is 5.82 Å². The second kappa shape index (κ2) is 6.53. The molecule has 0 aromatic heterocycles. The summed E-state index contributed by atoms with van der Waals surface area (Å²) in [5.74, 6) is -0.199. The van der Waals surface area contributed by atoms with Crippen molar-refractivity contribution in [1.82, 2.24) is 0 Å². The molecule has 0 unspecified atom stereocenters. The summed E-state index contributed by atoms with van der Waals surface area (Å²) in [6.45, 7) is 0.791. The van der Waals surface area contributed by atoms with Gasteiger partial charge in [0.05, 0.1) is 0 Å². The van der Waals surface area contributed by atoms with Crippen LogP contribution < -0.4 is 4.90 Å². The predicted molar refractivity (Wildman–Crippen MR) is 85.3 cm³/mol. The van der Waals surface area contributed by atoms with Crippen molar-refractivity contribution in [2.45, 2.75) is 11.9 Å².